The Bertz CT molecular complexity index is 955. The highest BCUT2D eigenvalue weighted by molar-refractivity contribution is 6.12. The molecule has 1 fully saturated rings. The van der Waals surface area contributed by atoms with E-state index in [1.165, 1.54) is 37.3 Å². The summed E-state index contributed by atoms with van der Waals surface area (Å²) in [5.41, 5.74) is 6.08. The predicted molar refractivity (Wildman–Crippen MR) is 138 cm³/mol. The van der Waals surface area contributed by atoms with E-state index in [0.717, 1.165) is 19.6 Å². The van der Waals surface area contributed by atoms with Crippen molar-refractivity contribution in [3.05, 3.63) is 29.5 Å². The van der Waals surface area contributed by atoms with Crippen LogP contribution < -0.4 is 20.5 Å². The molecule has 0 atom stereocenters. The lowest BCUT2D eigenvalue weighted by atomic mass is 10.1. The number of nitrogens with zero attached hydrogens (tertiary/aromatic N) is 5. The first-order valence-corrected chi connectivity index (χ1v) is 11.5. The molecule has 1 saturated heterocycles. The van der Waals surface area contributed by atoms with E-state index in [2.05, 4.69) is 38.6 Å². The molecule has 0 aromatic heterocycles. The van der Waals surface area contributed by atoms with Gasteiger partial charge < -0.3 is 25.4 Å². The highest BCUT2D eigenvalue weighted by Crippen LogP contribution is 2.40. The molecule has 0 spiro atoms. The van der Waals surface area contributed by atoms with E-state index in [1.54, 1.807) is 19.1 Å². The molecule has 0 saturated carbocycles. The van der Waals surface area contributed by atoms with Crippen LogP contribution in [0, 0.1) is 0 Å². The molecule has 1 heterocycles. The van der Waals surface area contributed by atoms with Crippen molar-refractivity contribution in [2.45, 2.75) is 19.8 Å². The lowest BCUT2D eigenvalue weighted by molar-refractivity contribution is -0.117. The number of nitrogens with one attached hydrogen (secondary N) is 1. The van der Waals surface area contributed by atoms with E-state index in [-0.39, 0.29) is 36.1 Å². The van der Waals surface area contributed by atoms with Crippen LogP contribution in [0.1, 0.15) is 30.1 Å². The Morgan fingerprint density at radius 3 is 2.63 bits per heavy atom. The van der Waals surface area contributed by atoms with Crippen molar-refractivity contribution in [2.24, 2.45) is 20.7 Å². The number of rotatable bonds is 14. The summed E-state index contributed by atoms with van der Waals surface area (Å²) in [6.07, 6.45) is 4.99. The molecular formula is C24H35N7O4. The third kappa shape index (κ3) is 7.72. The Labute approximate surface area is 206 Å². The van der Waals surface area contributed by atoms with Crippen LogP contribution in [0.25, 0.3) is 0 Å². The molecule has 1 aromatic carbocycles. The summed E-state index contributed by atoms with van der Waals surface area (Å²) in [5.74, 6) is 0.0166. The maximum Gasteiger partial charge on any atom is 0.257 e. The van der Waals surface area contributed by atoms with Crippen LogP contribution in [-0.4, -0.2) is 94.5 Å². The fourth-order valence-corrected chi connectivity index (χ4v) is 3.65. The van der Waals surface area contributed by atoms with Gasteiger partial charge in [-0.1, -0.05) is 0 Å². The average Bonchev–Trinajstić information content (AvgIpc) is 3.39. The topological polar surface area (TPSA) is 134 Å². The number of likely N-dealkylation sites (tertiary alicyclic amines) is 1. The number of hydrogen-bond acceptors (Lipinski definition) is 9. The zero-order valence-electron chi connectivity index (χ0n) is 20.5. The molecular weight excluding hydrogens is 450 g/mol. The van der Waals surface area contributed by atoms with Gasteiger partial charge in [-0.3, -0.25) is 29.5 Å². The molecule has 190 valence electrons. The molecule has 11 nitrogen and oxygen atoms in total. The molecule has 0 unspecified atom stereocenters. The van der Waals surface area contributed by atoms with E-state index in [4.69, 9.17) is 15.2 Å². The number of methoxy groups -OCH3 is 1. The zero-order valence-corrected chi connectivity index (χ0v) is 20.5. The van der Waals surface area contributed by atoms with Crippen molar-refractivity contribution in [2.75, 3.05) is 53.2 Å². The first-order valence-electron chi connectivity index (χ1n) is 11.5. The van der Waals surface area contributed by atoms with Gasteiger partial charge in [-0.15, -0.1) is 0 Å². The van der Waals surface area contributed by atoms with Gasteiger partial charge in [0.15, 0.2) is 11.5 Å². The number of aliphatic imine (C=N–C) groups is 3. The Balaban J connectivity index is 2.14. The number of nitrogens with two attached hydrogens (primary N) is 1. The van der Waals surface area contributed by atoms with Gasteiger partial charge >= 0.3 is 0 Å². The van der Waals surface area contributed by atoms with Crippen LogP contribution in [0.4, 0.5) is 5.69 Å². The summed E-state index contributed by atoms with van der Waals surface area (Å²) >= 11 is 0. The summed E-state index contributed by atoms with van der Waals surface area (Å²) in [4.78, 5) is 41.1. The SMILES string of the molecule is C=N/C=C(\C=NCN)C(=O)NCN(CC)C(=O)c1ccc(OCCN2CCCC2)c(OC)c1N=C. The third-order valence-electron chi connectivity index (χ3n) is 5.48. The second kappa shape index (κ2) is 14.6. The fourth-order valence-electron chi connectivity index (χ4n) is 3.65. The lowest BCUT2D eigenvalue weighted by Gasteiger charge is -2.23. The Hall–Kier alpha value is -3.57. The van der Waals surface area contributed by atoms with Crippen LogP contribution in [0.2, 0.25) is 0 Å². The van der Waals surface area contributed by atoms with Crippen molar-refractivity contribution >= 4 is 37.2 Å². The Morgan fingerprint density at radius 2 is 2.03 bits per heavy atom. The Morgan fingerprint density at radius 1 is 1.29 bits per heavy atom. The summed E-state index contributed by atoms with van der Waals surface area (Å²) in [7, 11) is 1.49. The van der Waals surface area contributed by atoms with Crippen LogP contribution in [0.3, 0.4) is 0 Å². The standard InChI is InChI=1S/C24H35N7O4/c1-5-31(17-29-23(32)18(14-26-2)15-28-16-25)24(33)19-8-9-20(22(34-4)21(19)27-3)35-13-12-30-10-6-7-11-30/h8-9,14-15H,2-3,5-7,10-13,16-17,25H2,1,4H3,(H,29,32)/b18-14+,28-15?. The number of carbonyl (C=O) groups excluding carboxylic acids is 2. The first-order chi connectivity index (χ1) is 17.0. The quantitative estimate of drug-likeness (QED) is 0.234. The van der Waals surface area contributed by atoms with Crippen LogP contribution in [0.5, 0.6) is 11.5 Å². The maximum atomic E-state index is 13.3. The average molecular weight is 486 g/mol. The predicted octanol–water partition coefficient (Wildman–Crippen LogP) is 1.61. The maximum absolute atomic E-state index is 13.3. The van der Waals surface area contributed by atoms with Crippen molar-refractivity contribution in [3.8, 4) is 11.5 Å². The fraction of sp³-hybridized carbons (Fsp3) is 0.458. The number of carbonyl (C=O) groups is 2. The summed E-state index contributed by atoms with van der Waals surface area (Å²) in [5, 5.41) is 2.68. The van der Waals surface area contributed by atoms with Crippen molar-refractivity contribution in [3.63, 3.8) is 0 Å². The van der Waals surface area contributed by atoms with Gasteiger partial charge in [0.25, 0.3) is 11.8 Å². The molecule has 1 aromatic rings. The molecule has 1 aliphatic rings. The monoisotopic (exact) mass is 485 g/mol. The Kier molecular flexibility index (Phi) is 11.6. The smallest absolute Gasteiger partial charge is 0.257 e. The van der Waals surface area contributed by atoms with Gasteiger partial charge in [0.2, 0.25) is 0 Å². The van der Waals surface area contributed by atoms with Gasteiger partial charge in [0.05, 0.1) is 31.6 Å². The third-order valence-corrected chi connectivity index (χ3v) is 5.48. The van der Waals surface area contributed by atoms with Gasteiger partial charge in [0.1, 0.15) is 12.3 Å². The normalized spacial score (nSPS) is 14.1. The minimum atomic E-state index is -0.470. The van der Waals surface area contributed by atoms with E-state index >= 15 is 0 Å². The molecule has 2 amide bonds. The van der Waals surface area contributed by atoms with Crippen LogP contribution in [0.15, 0.2) is 38.9 Å². The number of benzene rings is 1. The van der Waals surface area contributed by atoms with Gasteiger partial charge in [-0.25, -0.2) is 0 Å². The van der Waals surface area contributed by atoms with E-state index in [9.17, 15) is 9.59 Å². The largest absolute Gasteiger partial charge is 0.491 e. The molecule has 0 bridgehead atoms. The molecule has 3 N–H and O–H groups in total. The van der Waals surface area contributed by atoms with E-state index in [0.29, 0.717) is 24.7 Å². The van der Waals surface area contributed by atoms with E-state index in [1.807, 2.05) is 0 Å². The van der Waals surface area contributed by atoms with Crippen LogP contribution >= 0.6 is 0 Å². The molecule has 0 aliphatic carbocycles. The van der Waals surface area contributed by atoms with Crippen LogP contribution in [-0.2, 0) is 4.79 Å². The van der Waals surface area contributed by atoms with Gasteiger partial charge in [-0.2, -0.15) is 0 Å². The second-order valence-electron chi connectivity index (χ2n) is 7.63. The minimum Gasteiger partial charge on any atom is -0.491 e. The first kappa shape index (κ1) is 27.7. The molecule has 2 rings (SSSR count). The molecule has 1 aliphatic heterocycles. The number of ether oxygens (including phenoxy) is 2. The van der Waals surface area contributed by atoms with E-state index < -0.39 is 5.91 Å². The number of hydrogen-bond donors (Lipinski definition) is 2. The zero-order chi connectivity index (χ0) is 25.6. The van der Waals surface area contributed by atoms with Gasteiger partial charge in [-0.05, 0) is 58.4 Å². The van der Waals surface area contributed by atoms with Crippen molar-refractivity contribution in [1.82, 2.24) is 15.1 Å². The minimum absolute atomic E-state index is 0.0263. The highest BCUT2D eigenvalue weighted by Gasteiger charge is 2.24. The molecule has 0 radical (unpaired) electrons. The lowest BCUT2D eigenvalue weighted by Crippen LogP contribution is -2.41. The summed E-state index contributed by atoms with van der Waals surface area (Å²) in [6.45, 7) is 12.6. The summed E-state index contributed by atoms with van der Waals surface area (Å²) in [6, 6.07) is 3.32. The highest BCUT2D eigenvalue weighted by atomic mass is 16.5. The summed E-state index contributed by atoms with van der Waals surface area (Å²) < 4.78 is 11.5. The number of amides is 2. The van der Waals surface area contributed by atoms with Crippen molar-refractivity contribution in [1.29, 1.82) is 0 Å². The van der Waals surface area contributed by atoms with Crippen molar-refractivity contribution < 1.29 is 19.1 Å². The molecule has 11 heteroatoms. The second-order valence-corrected chi connectivity index (χ2v) is 7.63. The van der Waals surface area contributed by atoms with Gasteiger partial charge in [0, 0.05) is 25.5 Å². The molecule has 35 heavy (non-hydrogen) atoms.